The van der Waals surface area contributed by atoms with Gasteiger partial charge in [0.1, 0.15) is 0 Å². The first-order valence-corrected chi connectivity index (χ1v) is 5.71. The molecule has 0 fully saturated rings. The molecule has 1 atom stereocenters. The van der Waals surface area contributed by atoms with Crippen LogP contribution in [0, 0.1) is 0 Å². The largest absolute Gasteiger partial charge is 0.320 e. The Morgan fingerprint density at radius 3 is 2.67 bits per heavy atom. The number of pyridine rings is 1. The van der Waals surface area contributed by atoms with Gasteiger partial charge in [-0.2, -0.15) is 10.2 Å². The third kappa shape index (κ3) is 1.94. The molecule has 0 aliphatic heterocycles. The van der Waals surface area contributed by atoms with Crippen molar-refractivity contribution in [3.8, 4) is 0 Å². The SMILES string of the molecule is NC(c1ccnnc1)c1cnc2ccccc2c1. The van der Waals surface area contributed by atoms with Gasteiger partial charge in [0.15, 0.2) is 0 Å². The average molecular weight is 236 g/mol. The van der Waals surface area contributed by atoms with E-state index >= 15 is 0 Å². The summed E-state index contributed by atoms with van der Waals surface area (Å²) in [7, 11) is 0. The molecule has 2 heterocycles. The lowest BCUT2D eigenvalue weighted by Crippen LogP contribution is -2.12. The molecule has 2 N–H and O–H groups in total. The lowest BCUT2D eigenvalue weighted by atomic mass is 10.0. The van der Waals surface area contributed by atoms with Crippen molar-refractivity contribution in [2.75, 3.05) is 0 Å². The van der Waals surface area contributed by atoms with Gasteiger partial charge in [-0.25, -0.2) is 0 Å². The van der Waals surface area contributed by atoms with Crippen molar-refractivity contribution in [2.24, 2.45) is 5.73 Å². The molecule has 0 amide bonds. The first-order chi connectivity index (χ1) is 8.84. The van der Waals surface area contributed by atoms with Crippen LogP contribution in [0.5, 0.6) is 0 Å². The molecule has 0 saturated heterocycles. The van der Waals surface area contributed by atoms with Gasteiger partial charge in [-0.15, -0.1) is 0 Å². The lowest BCUT2D eigenvalue weighted by molar-refractivity contribution is 0.842. The molecular weight excluding hydrogens is 224 g/mol. The quantitative estimate of drug-likeness (QED) is 0.739. The van der Waals surface area contributed by atoms with Crippen LogP contribution in [-0.2, 0) is 0 Å². The molecule has 0 aliphatic rings. The Kier molecular flexibility index (Phi) is 2.70. The maximum Gasteiger partial charge on any atom is 0.0702 e. The van der Waals surface area contributed by atoms with E-state index in [-0.39, 0.29) is 6.04 Å². The van der Waals surface area contributed by atoms with Gasteiger partial charge in [0.05, 0.1) is 17.8 Å². The second-order valence-electron chi connectivity index (χ2n) is 4.11. The smallest absolute Gasteiger partial charge is 0.0702 e. The molecule has 3 aromatic rings. The van der Waals surface area contributed by atoms with E-state index in [9.17, 15) is 0 Å². The summed E-state index contributed by atoms with van der Waals surface area (Å²) in [6.07, 6.45) is 5.14. The van der Waals surface area contributed by atoms with Crippen molar-refractivity contribution in [2.45, 2.75) is 6.04 Å². The summed E-state index contributed by atoms with van der Waals surface area (Å²) < 4.78 is 0. The normalized spacial score (nSPS) is 12.5. The highest BCUT2D eigenvalue weighted by atomic mass is 15.1. The van der Waals surface area contributed by atoms with Gasteiger partial charge in [-0.1, -0.05) is 18.2 Å². The van der Waals surface area contributed by atoms with Crippen LogP contribution in [0.15, 0.2) is 55.0 Å². The standard InChI is InChI=1S/C14H12N4/c15-14(11-5-6-17-18-9-11)12-7-10-3-1-2-4-13(10)16-8-12/h1-9,14H,15H2. The predicted octanol–water partition coefficient (Wildman–Crippen LogP) is 2.07. The molecule has 18 heavy (non-hydrogen) atoms. The van der Waals surface area contributed by atoms with Crippen LogP contribution in [0.4, 0.5) is 0 Å². The second-order valence-corrected chi connectivity index (χ2v) is 4.11. The number of benzene rings is 1. The minimum Gasteiger partial charge on any atom is -0.320 e. The van der Waals surface area contributed by atoms with E-state index in [0.717, 1.165) is 22.0 Å². The number of aromatic nitrogens is 3. The van der Waals surface area contributed by atoms with Crippen LogP contribution < -0.4 is 5.73 Å². The van der Waals surface area contributed by atoms with Gasteiger partial charge in [0.25, 0.3) is 0 Å². The fourth-order valence-corrected chi connectivity index (χ4v) is 1.94. The zero-order valence-corrected chi connectivity index (χ0v) is 9.69. The first kappa shape index (κ1) is 10.8. The average Bonchev–Trinajstić information content (AvgIpc) is 2.47. The summed E-state index contributed by atoms with van der Waals surface area (Å²) in [5.41, 5.74) is 9.08. The molecule has 3 rings (SSSR count). The Morgan fingerprint density at radius 2 is 1.83 bits per heavy atom. The van der Waals surface area contributed by atoms with Gasteiger partial charge in [0, 0.05) is 17.8 Å². The van der Waals surface area contributed by atoms with Crippen molar-refractivity contribution < 1.29 is 0 Å². The Bertz CT molecular complexity index is 667. The van der Waals surface area contributed by atoms with Gasteiger partial charge in [-0.3, -0.25) is 4.98 Å². The monoisotopic (exact) mass is 236 g/mol. The van der Waals surface area contributed by atoms with Gasteiger partial charge in [-0.05, 0) is 29.3 Å². The highest BCUT2D eigenvalue weighted by Gasteiger charge is 2.10. The number of nitrogens with two attached hydrogens (primary N) is 1. The highest BCUT2D eigenvalue weighted by molar-refractivity contribution is 5.78. The van der Waals surface area contributed by atoms with Gasteiger partial charge < -0.3 is 5.73 Å². The van der Waals surface area contributed by atoms with E-state index in [1.807, 2.05) is 36.5 Å². The maximum absolute atomic E-state index is 6.20. The second kappa shape index (κ2) is 4.50. The number of hydrogen-bond acceptors (Lipinski definition) is 4. The molecule has 2 aromatic heterocycles. The molecule has 1 unspecified atom stereocenters. The molecule has 0 bridgehead atoms. The van der Waals surface area contributed by atoms with E-state index < -0.39 is 0 Å². The lowest BCUT2D eigenvalue weighted by Gasteiger charge is -2.11. The maximum atomic E-state index is 6.20. The number of para-hydroxylation sites is 1. The van der Waals surface area contributed by atoms with Crippen LogP contribution >= 0.6 is 0 Å². The van der Waals surface area contributed by atoms with E-state index in [0.29, 0.717) is 0 Å². The van der Waals surface area contributed by atoms with Crippen molar-refractivity contribution in [3.05, 3.63) is 66.1 Å². The number of rotatable bonds is 2. The molecule has 88 valence electrons. The van der Waals surface area contributed by atoms with E-state index in [4.69, 9.17) is 5.73 Å². The zero-order valence-electron chi connectivity index (χ0n) is 9.69. The van der Waals surface area contributed by atoms with E-state index in [2.05, 4.69) is 21.2 Å². The van der Waals surface area contributed by atoms with Crippen molar-refractivity contribution >= 4 is 10.9 Å². The third-order valence-corrected chi connectivity index (χ3v) is 2.94. The van der Waals surface area contributed by atoms with Crippen LogP contribution in [0.25, 0.3) is 10.9 Å². The summed E-state index contributed by atoms with van der Waals surface area (Å²) in [5, 5.41) is 8.68. The van der Waals surface area contributed by atoms with Crippen molar-refractivity contribution in [1.82, 2.24) is 15.2 Å². The van der Waals surface area contributed by atoms with Crippen molar-refractivity contribution in [1.29, 1.82) is 0 Å². The van der Waals surface area contributed by atoms with Gasteiger partial charge >= 0.3 is 0 Å². The molecule has 1 aromatic carbocycles. The summed E-state index contributed by atoms with van der Waals surface area (Å²) in [4.78, 5) is 4.41. The van der Waals surface area contributed by atoms with Crippen LogP contribution in [0.2, 0.25) is 0 Å². The Hall–Kier alpha value is -2.33. The molecular formula is C14H12N4. The Morgan fingerprint density at radius 1 is 0.944 bits per heavy atom. The summed E-state index contributed by atoms with van der Waals surface area (Å²) >= 11 is 0. The van der Waals surface area contributed by atoms with E-state index in [1.165, 1.54) is 0 Å². The van der Waals surface area contributed by atoms with Crippen molar-refractivity contribution in [3.63, 3.8) is 0 Å². The minimum absolute atomic E-state index is 0.224. The summed E-state index contributed by atoms with van der Waals surface area (Å²) in [6.45, 7) is 0. The van der Waals surface area contributed by atoms with Crippen LogP contribution in [0.3, 0.4) is 0 Å². The number of nitrogens with zero attached hydrogens (tertiary/aromatic N) is 3. The molecule has 0 aliphatic carbocycles. The Balaban J connectivity index is 2.04. The predicted molar refractivity (Wildman–Crippen MR) is 69.8 cm³/mol. The zero-order chi connectivity index (χ0) is 12.4. The fourth-order valence-electron chi connectivity index (χ4n) is 1.94. The summed E-state index contributed by atoms with van der Waals surface area (Å²) in [5.74, 6) is 0. The van der Waals surface area contributed by atoms with E-state index in [1.54, 1.807) is 12.4 Å². The Labute approximate surface area is 105 Å². The first-order valence-electron chi connectivity index (χ1n) is 5.71. The fraction of sp³-hybridized carbons (Fsp3) is 0.0714. The molecule has 4 heteroatoms. The third-order valence-electron chi connectivity index (χ3n) is 2.94. The molecule has 0 radical (unpaired) electrons. The summed E-state index contributed by atoms with van der Waals surface area (Å²) in [6, 6.07) is 11.7. The minimum atomic E-state index is -0.224. The molecule has 4 nitrogen and oxygen atoms in total. The molecule has 0 saturated carbocycles. The number of hydrogen-bond donors (Lipinski definition) is 1. The number of fused-ring (bicyclic) bond motifs is 1. The highest BCUT2D eigenvalue weighted by Crippen LogP contribution is 2.21. The van der Waals surface area contributed by atoms with Crippen LogP contribution in [-0.4, -0.2) is 15.2 Å². The van der Waals surface area contributed by atoms with Gasteiger partial charge in [0.2, 0.25) is 0 Å². The van der Waals surface area contributed by atoms with Crippen LogP contribution in [0.1, 0.15) is 17.2 Å². The molecule has 0 spiro atoms. The topological polar surface area (TPSA) is 64.7 Å².